The number of aliphatic hydroxyl groups excluding tert-OH is 1. The van der Waals surface area contributed by atoms with E-state index >= 15 is 0 Å². The topological polar surface area (TPSA) is 49.8 Å². The average molecular weight is 229 g/mol. The predicted molar refractivity (Wildman–Crippen MR) is 62.1 cm³/mol. The van der Waals surface area contributed by atoms with E-state index in [1.165, 1.54) is 26.4 Å². The second-order valence-corrected chi connectivity index (χ2v) is 4.58. The van der Waals surface area contributed by atoms with Gasteiger partial charge < -0.3 is 9.84 Å². The summed E-state index contributed by atoms with van der Waals surface area (Å²) in [6.07, 6.45) is 4.51. The fourth-order valence-electron chi connectivity index (χ4n) is 2.08. The molecule has 0 saturated heterocycles. The van der Waals surface area contributed by atoms with Crippen LogP contribution >= 0.6 is 0 Å². The van der Waals surface area contributed by atoms with Crippen molar-refractivity contribution in [3.05, 3.63) is 0 Å². The Kier molecular flexibility index (Phi) is 5.77. The molecule has 0 radical (unpaired) electrons. The maximum absolute atomic E-state index is 11.4. The van der Waals surface area contributed by atoms with Crippen LogP contribution in [0.1, 0.15) is 32.6 Å². The van der Waals surface area contributed by atoms with Crippen molar-refractivity contribution in [2.45, 2.75) is 38.6 Å². The number of carbonyl (C=O) groups excluding carboxylic acids is 1. The molecule has 0 heterocycles. The highest BCUT2D eigenvalue weighted by Crippen LogP contribution is 2.25. The zero-order valence-electron chi connectivity index (χ0n) is 10.3. The van der Waals surface area contributed by atoms with Crippen LogP contribution < -0.4 is 0 Å². The fourth-order valence-corrected chi connectivity index (χ4v) is 2.08. The summed E-state index contributed by atoms with van der Waals surface area (Å²) in [6.45, 7) is 3.74. The normalized spacial score (nSPS) is 18.2. The second kappa shape index (κ2) is 6.86. The van der Waals surface area contributed by atoms with Crippen LogP contribution in [0.5, 0.6) is 0 Å². The van der Waals surface area contributed by atoms with Gasteiger partial charge in [0.2, 0.25) is 0 Å². The molecule has 0 aromatic carbocycles. The van der Waals surface area contributed by atoms with Gasteiger partial charge in [0, 0.05) is 25.7 Å². The van der Waals surface area contributed by atoms with Crippen molar-refractivity contribution in [1.29, 1.82) is 0 Å². The molecule has 0 amide bonds. The monoisotopic (exact) mass is 229 g/mol. The number of rotatable bonds is 7. The lowest BCUT2D eigenvalue weighted by molar-refractivity contribution is -0.145. The number of methoxy groups -OCH3 is 1. The van der Waals surface area contributed by atoms with Gasteiger partial charge in [0.25, 0.3) is 0 Å². The Bertz CT molecular complexity index is 216. The number of aliphatic hydroxyl groups is 1. The van der Waals surface area contributed by atoms with Crippen LogP contribution in [-0.4, -0.2) is 48.8 Å². The molecule has 4 heteroatoms. The summed E-state index contributed by atoms with van der Waals surface area (Å²) in [5.41, 5.74) is 0. The highest BCUT2D eigenvalue weighted by Gasteiger charge is 2.27. The molecule has 0 bridgehead atoms. The van der Waals surface area contributed by atoms with E-state index in [-0.39, 0.29) is 18.5 Å². The molecule has 1 fully saturated rings. The molecule has 1 aliphatic rings. The molecule has 1 N–H and O–H groups in total. The third-order valence-corrected chi connectivity index (χ3v) is 3.31. The summed E-state index contributed by atoms with van der Waals surface area (Å²) in [5, 5.41) is 8.86. The molecule has 1 unspecified atom stereocenters. The zero-order chi connectivity index (χ0) is 12.0. The Balaban J connectivity index is 2.38. The highest BCUT2D eigenvalue weighted by atomic mass is 16.5. The van der Waals surface area contributed by atoms with E-state index in [1.807, 2.05) is 6.92 Å². The minimum absolute atomic E-state index is 0.0794. The first-order valence-electron chi connectivity index (χ1n) is 6.11. The third kappa shape index (κ3) is 3.76. The van der Waals surface area contributed by atoms with Crippen molar-refractivity contribution in [1.82, 2.24) is 4.90 Å². The minimum Gasteiger partial charge on any atom is -0.469 e. The average Bonchev–Trinajstić information content (AvgIpc) is 2.22. The van der Waals surface area contributed by atoms with E-state index in [4.69, 9.17) is 9.84 Å². The number of carbonyl (C=O) groups is 1. The van der Waals surface area contributed by atoms with Crippen molar-refractivity contribution in [3.8, 4) is 0 Å². The first kappa shape index (κ1) is 13.5. The molecule has 1 atom stereocenters. The van der Waals surface area contributed by atoms with Crippen molar-refractivity contribution >= 4 is 5.97 Å². The van der Waals surface area contributed by atoms with Crippen LogP contribution in [0, 0.1) is 5.92 Å². The number of hydrogen-bond donors (Lipinski definition) is 1. The summed E-state index contributed by atoms with van der Waals surface area (Å²) < 4.78 is 4.73. The van der Waals surface area contributed by atoms with E-state index in [2.05, 4.69) is 4.90 Å². The van der Waals surface area contributed by atoms with Gasteiger partial charge in [-0.05, 0) is 19.3 Å². The SMILES string of the molecule is COC(=O)C(C)CN(CCCO)C1CCC1. The van der Waals surface area contributed by atoms with Gasteiger partial charge in [-0.25, -0.2) is 0 Å². The van der Waals surface area contributed by atoms with Crippen LogP contribution in [0.25, 0.3) is 0 Å². The molecular formula is C12H23NO3. The number of hydrogen-bond acceptors (Lipinski definition) is 4. The number of esters is 1. The molecule has 1 rings (SSSR count). The van der Waals surface area contributed by atoms with Crippen molar-refractivity contribution in [3.63, 3.8) is 0 Å². The predicted octanol–water partition coefficient (Wildman–Crippen LogP) is 1.03. The van der Waals surface area contributed by atoms with Gasteiger partial charge in [0.15, 0.2) is 0 Å². The third-order valence-electron chi connectivity index (χ3n) is 3.31. The van der Waals surface area contributed by atoms with E-state index in [1.54, 1.807) is 0 Å². The van der Waals surface area contributed by atoms with E-state index in [9.17, 15) is 4.79 Å². The summed E-state index contributed by atoms with van der Waals surface area (Å²) in [5.74, 6) is -0.224. The standard InChI is InChI=1S/C12H23NO3/c1-10(12(15)16-2)9-13(7-4-8-14)11-5-3-6-11/h10-11,14H,3-9H2,1-2H3. The van der Waals surface area contributed by atoms with Gasteiger partial charge in [-0.3, -0.25) is 9.69 Å². The summed E-state index contributed by atoms with van der Waals surface area (Å²) in [7, 11) is 1.43. The number of nitrogens with zero attached hydrogens (tertiary/aromatic N) is 1. The van der Waals surface area contributed by atoms with E-state index in [0.29, 0.717) is 6.04 Å². The fraction of sp³-hybridized carbons (Fsp3) is 0.917. The molecule has 4 nitrogen and oxygen atoms in total. The maximum Gasteiger partial charge on any atom is 0.309 e. The molecule has 0 spiro atoms. The first-order valence-corrected chi connectivity index (χ1v) is 6.11. The van der Waals surface area contributed by atoms with Crippen LogP contribution in [0.4, 0.5) is 0 Å². The van der Waals surface area contributed by atoms with Gasteiger partial charge in [0.1, 0.15) is 0 Å². The van der Waals surface area contributed by atoms with Gasteiger partial charge in [-0.15, -0.1) is 0 Å². The largest absolute Gasteiger partial charge is 0.469 e. The van der Waals surface area contributed by atoms with Crippen molar-refractivity contribution in [2.24, 2.45) is 5.92 Å². The molecular weight excluding hydrogens is 206 g/mol. The van der Waals surface area contributed by atoms with Gasteiger partial charge in [-0.2, -0.15) is 0 Å². The highest BCUT2D eigenvalue weighted by molar-refractivity contribution is 5.72. The lowest BCUT2D eigenvalue weighted by Gasteiger charge is -2.38. The lowest BCUT2D eigenvalue weighted by Crippen LogP contribution is -2.44. The van der Waals surface area contributed by atoms with Crippen LogP contribution in [0.15, 0.2) is 0 Å². The smallest absolute Gasteiger partial charge is 0.309 e. The summed E-state index contributed by atoms with van der Waals surface area (Å²) in [6, 6.07) is 0.610. The molecule has 1 saturated carbocycles. The Morgan fingerprint density at radius 1 is 1.56 bits per heavy atom. The molecule has 16 heavy (non-hydrogen) atoms. The van der Waals surface area contributed by atoms with Crippen LogP contribution in [0.2, 0.25) is 0 Å². The molecule has 0 aromatic rings. The number of ether oxygens (including phenoxy) is 1. The van der Waals surface area contributed by atoms with Gasteiger partial charge in [-0.1, -0.05) is 13.3 Å². The zero-order valence-corrected chi connectivity index (χ0v) is 10.3. The van der Waals surface area contributed by atoms with E-state index in [0.717, 1.165) is 19.5 Å². The quantitative estimate of drug-likeness (QED) is 0.663. The minimum atomic E-state index is -0.145. The van der Waals surface area contributed by atoms with Gasteiger partial charge in [0.05, 0.1) is 13.0 Å². The van der Waals surface area contributed by atoms with Crippen molar-refractivity contribution in [2.75, 3.05) is 26.8 Å². The van der Waals surface area contributed by atoms with Crippen LogP contribution in [-0.2, 0) is 9.53 Å². The summed E-state index contributed by atoms with van der Waals surface area (Å²) >= 11 is 0. The van der Waals surface area contributed by atoms with Crippen LogP contribution in [0.3, 0.4) is 0 Å². The molecule has 94 valence electrons. The maximum atomic E-state index is 11.4. The van der Waals surface area contributed by atoms with Gasteiger partial charge >= 0.3 is 5.97 Å². The Morgan fingerprint density at radius 2 is 2.25 bits per heavy atom. The Hall–Kier alpha value is -0.610. The Morgan fingerprint density at radius 3 is 2.69 bits per heavy atom. The summed E-state index contributed by atoms with van der Waals surface area (Å²) in [4.78, 5) is 13.7. The van der Waals surface area contributed by atoms with E-state index < -0.39 is 0 Å². The van der Waals surface area contributed by atoms with Crippen molar-refractivity contribution < 1.29 is 14.6 Å². The Labute approximate surface area is 97.6 Å². The molecule has 0 aliphatic heterocycles. The molecule has 0 aromatic heterocycles. The molecule has 1 aliphatic carbocycles. The second-order valence-electron chi connectivity index (χ2n) is 4.58. The lowest BCUT2D eigenvalue weighted by atomic mass is 9.90. The first-order chi connectivity index (χ1) is 7.69.